The largest absolute Gasteiger partial charge is 0.508 e. The number of carbonyl (C=O) groups is 1. The standard InChI is InChI=1S/C19H28N2O2/c1-15-4-3-9-21(13-15)19(23)17-7-10-20(11-8-17)14-16-5-2-6-18(22)12-16/h2,5-6,12,15,17,22H,3-4,7-11,13-14H2,1H3/t15-/m0/s1. The van der Waals surface area contributed by atoms with E-state index in [1.54, 1.807) is 6.07 Å². The lowest BCUT2D eigenvalue weighted by molar-refractivity contribution is -0.138. The molecule has 1 aromatic rings. The van der Waals surface area contributed by atoms with Gasteiger partial charge in [0.2, 0.25) is 5.91 Å². The molecule has 0 unspecified atom stereocenters. The van der Waals surface area contributed by atoms with Crippen LogP contribution in [0, 0.1) is 11.8 Å². The Bertz CT molecular complexity index is 538. The molecule has 0 saturated carbocycles. The molecule has 2 saturated heterocycles. The number of hydrogen-bond acceptors (Lipinski definition) is 3. The molecule has 2 aliphatic heterocycles. The number of piperidine rings is 2. The van der Waals surface area contributed by atoms with Crippen molar-refractivity contribution >= 4 is 5.91 Å². The minimum absolute atomic E-state index is 0.209. The lowest BCUT2D eigenvalue weighted by Crippen LogP contribution is -2.45. The lowest BCUT2D eigenvalue weighted by Gasteiger charge is -2.37. The van der Waals surface area contributed by atoms with Crippen molar-refractivity contribution in [2.24, 2.45) is 11.8 Å². The van der Waals surface area contributed by atoms with Gasteiger partial charge in [0.05, 0.1) is 0 Å². The maximum atomic E-state index is 12.7. The predicted molar refractivity (Wildman–Crippen MR) is 91.1 cm³/mol. The van der Waals surface area contributed by atoms with E-state index in [4.69, 9.17) is 0 Å². The van der Waals surface area contributed by atoms with Crippen LogP contribution in [0.2, 0.25) is 0 Å². The highest BCUT2D eigenvalue weighted by Crippen LogP contribution is 2.24. The minimum Gasteiger partial charge on any atom is -0.508 e. The van der Waals surface area contributed by atoms with E-state index in [9.17, 15) is 9.90 Å². The number of likely N-dealkylation sites (tertiary alicyclic amines) is 2. The second-order valence-electron chi connectivity index (χ2n) is 7.25. The first-order valence-corrected chi connectivity index (χ1v) is 8.91. The molecule has 1 aromatic carbocycles. The van der Waals surface area contributed by atoms with Crippen LogP contribution >= 0.6 is 0 Å². The third kappa shape index (κ3) is 4.25. The smallest absolute Gasteiger partial charge is 0.225 e. The van der Waals surface area contributed by atoms with Crippen molar-refractivity contribution in [2.45, 2.75) is 39.2 Å². The lowest BCUT2D eigenvalue weighted by atomic mass is 9.92. The van der Waals surface area contributed by atoms with Gasteiger partial charge in [-0.3, -0.25) is 9.69 Å². The van der Waals surface area contributed by atoms with Crippen LogP contribution in [-0.4, -0.2) is 47.0 Å². The summed E-state index contributed by atoms with van der Waals surface area (Å²) in [6, 6.07) is 7.46. The van der Waals surface area contributed by atoms with Gasteiger partial charge in [0.15, 0.2) is 0 Å². The van der Waals surface area contributed by atoms with E-state index >= 15 is 0 Å². The Morgan fingerprint density at radius 2 is 2.00 bits per heavy atom. The quantitative estimate of drug-likeness (QED) is 0.932. The van der Waals surface area contributed by atoms with Gasteiger partial charge < -0.3 is 10.0 Å². The molecule has 0 bridgehead atoms. The van der Waals surface area contributed by atoms with E-state index in [1.807, 2.05) is 18.2 Å². The summed E-state index contributed by atoms with van der Waals surface area (Å²) >= 11 is 0. The highest BCUT2D eigenvalue weighted by atomic mass is 16.3. The molecule has 0 spiro atoms. The van der Waals surface area contributed by atoms with Crippen molar-refractivity contribution in [1.82, 2.24) is 9.80 Å². The number of benzene rings is 1. The van der Waals surface area contributed by atoms with E-state index < -0.39 is 0 Å². The molecule has 23 heavy (non-hydrogen) atoms. The second-order valence-corrected chi connectivity index (χ2v) is 7.25. The molecule has 2 fully saturated rings. The maximum absolute atomic E-state index is 12.7. The molecule has 1 atom stereocenters. The van der Waals surface area contributed by atoms with Crippen molar-refractivity contribution in [3.8, 4) is 5.75 Å². The summed E-state index contributed by atoms with van der Waals surface area (Å²) in [5.74, 6) is 1.57. The van der Waals surface area contributed by atoms with Crippen molar-refractivity contribution in [3.63, 3.8) is 0 Å². The van der Waals surface area contributed by atoms with Gasteiger partial charge in [-0.05, 0) is 62.4 Å². The van der Waals surface area contributed by atoms with Crippen molar-refractivity contribution < 1.29 is 9.90 Å². The van der Waals surface area contributed by atoms with Crippen LogP contribution in [0.1, 0.15) is 38.2 Å². The topological polar surface area (TPSA) is 43.8 Å². The van der Waals surface area contributed by atoms with Gasteiger partial charge in [0, 0.05) is 25.6 Å². The zero-order valence-electron chi connectivity index (χ0n) is 14.1. The first-order valence-electron chi connectivity index (χ1n) is 8.91. The Kier molecular flexibility index (Phi) is 5.21. The summed E-state index contributed by atoms with van der Waals surface area (Å²) in [4.78, 5) is 17.2. The van der Waals surface area contributed by atoms with Crippen LogP contribution < -0.4 is 0 Å². The third-order valence-electron chi connectivity index (χ3n) is 5.22. The fourth-order valence-corrected chi connectivity index (χ4v) is 3.90. The molecule has 0 aliphatic carbocycles. The normalized spacial score (nSPS) is 23.9. The Hall–Kier alpha value is -1.55. The molecule has 126 valence electrons. The predicted octanol–water partition coefficient (Wildman–Crippen LogP) is 2.86. The summed E-state index contributed by atoms with van der Waals surface area (Å²) in [5, 5.41) is 9.55. The van der Waals surface area contributed by atoms with Crippen LogP contribution in [0.3, 0.4) is 0 Å². The minimum atomic E-state index is 0.209. The van der Waals surface area contributed by atoms with E-state index in [-0.39, 0.29) is 5.92 Å². The Morgan fingerprint density at radius 3 is 2.70 bits per heavy atom. The third-order valence-corrected chi connectivity index (χ3v) is 5.22. The van der Waals surface area contributed by atoms with Gasteiger partial charge in [0.1, 0.15) is 5.75 Å². The fraction of sp³-hybridized carbons (Fsp3) is 0.632. The monoisotopic (exact) mass is 316 g/mol. The van der Waals surface area contributed by atoms with E-state index in [0.29, 0.717) is 17.6 Å². The number of nitrogens with zero attached hydrogens (tertiary/aromatic N) is 2. The zero-order valence-corrected chi connectivity index (χ0v) is 14.1. The van der Waals surface area contributed by atoms with Gasteiger partial charge in [-0.2, -0.15) is 0 Å². The van der Waals surface area contributed by atoms with Gasteiger partial charge in [-0.25, -0.2) is 0 Å². The molecule has 0 radical (unpaired) electrons. The number of rotatable bonds is 3. The molecular weight excluding hydrogens is 288 g/mol. The summed E-state index contributed by atoms with van der Waals surface area (Å²) in [6.07, 6.45) is 4.33. The summed E-state index contributed by atoms with van der Waals surface area (Å²) in [7, 11) is 0. The highest BCUT2D eigenvalue weighted by molar-refractivity contribution is 5.79. The summed E-state index contributed by atoms with van der Waals surface area (Å²) in [6.45, 7) is 6.94. The molecule has 1 N–H and O–H groups in total. The highest BCUT2D eigenvalue weighted by Gasteiger charge is 2.30. The van der Waals surface area contributed by atoms with Crippen molar-refractivity contribution in [2.75, 3.05) is 26.2 Å². The number of amides is 1. The molecule has 1 amide bonds. The van der Waals surface area contributed by atoms with Crippen molar-refractivity contribution in [1.29, 1.82) is 0 Å². The molecule has 4 nitrogen and oxygen atoms in total. The number of hydrogen-bond donors (Lipinski definition) is 1. The van der Waals surface area contributed by atoms with Crippen LogP contribution in [-0.2, 0) is 11.3 Å². The maximum Gasteiger partial charge on any atom is 0.225 e. The van der Waals surface area contributed by atoms with E-state index in [0.717, 1.165) is 57.5 Å². The molecule has 2 heterocycles. The molecule has 4 heteroatoms. The van der Waals surface area contributed by atoms with Crippen LogP contribution in [0.5, 0.6) is 5.75 Å². The average Bonchev–Trinajstić information content (AvgIpc) is 2.55. The number of phenolic OH excluding ortho intramolecular Hbond substituents is 1. The van der Waals surface area contributed by atoms with Crippen molar-refractivity contribution in [3.05, 3.63) is 29.8 Å². The molecule has 3 rings (SSSR count). The Labute approximate surface area is 139 Å². The zero-order chi connectivity index (χ0) is 16.2. The number of aromatic hydroxyl groups is 1. The van der Waals surface area contributed by atoms with Gasteiger partial charge >= 0.3 is 0 Å². The summed E-state index contributed by atoms with van der Waals surface area (Å²) < 4.78 is 0. The Morgan fingerprint density at radius 1 is 1.22 bits per heavy atom. The number of carbonyl (C=O) groups excluding carboxylic acids is 1. The van der Waals surface area contributed by atoms with E-state index in [1.165, 1.54) is 6.42 Å². The fourth-order valence-electron chi connectivity index (χ4n) is 3.90. The average molecular weight is 316 g/mol. The number of phenols is 1. The second kappa shape index (κ2) is 7.35. The van der Waals surface area contributed by atoms with E-state index in [2.05, 4.69) is 16.7 Å². The van der Waals surface area contributed by atoms with Gasteiger partial charge in [-0.1, -0.05) is 19.1 Å². The molecule has 0 aromatic heterocycles. The SMILES string of the molecule is C[C@H]1CCCN(C(=O)C2CCN(Cc3cccc(O)c3)CC2)C1. The van der Waals surface area contributed by atoms with Crippen LogP contribution in [0.25, 0.3) is 0 Å². The van der Waals surface area contributed by atoms with Gasteiger partial charge in [-0.15, -0.1) is 0 Å². The van der Waals surface area contributed by atoms with Gasteiger partial charge in [0.25, 0.3) is 0 Å². The van der Waals surface area contributed by atoms with Crippen LogP contribution in [0.15, 0.2) is 24.3 Å². The summed E-state index contributed by atoms with van der Waals surface area (Å²) in [5.41, 5.74) is 1.14. The van der Waals surface area contributed by atoms with Crippen LogP contribution in [0.4, 0.5) is 0 Å². The molecular formula is C19H28N2O2. The molecule has 2 aliphatic rings. The first-order chi connectivity index (χ1) is 11.1. The first kappa shape index (κ1) is 16.3. The Balaban J connectivity index is 1.49.